The van der Waals surface area contributed by atoms with Gasteiger partial charge in [0.25, 0.3) is 0 Å². The van der Waals surface area contributed by atoms with Gasteiger partial charge in [0.2, 0.25) is 0 Å². The molecular weight excluding hydrogens is 292 g/mol. The summed E-state index contributed by atoms with van der Waals surface area (Å²) in [4.78, 5) is 16.2. The summed E-state index contributed by atoms with van der Waals surface area (Å²) < 4.78 is 6.77. The monoisotopic (exact) mass is 308 g/mol. The topological polar surface area (TPSA) is 64.3 Å². The number of methoxy groups -OCH3 is 1. The summed E-state index contributed by atoms with van der Waals surface area (Å²) in [7, 11) is 1.36. The molecule has 1 N–H and O–H groups in total. The molecule has 1 aromatic heterocycles. The quantitative estimate of drug-likeness (QED) is 0.680. The van der Waals surface area contributed by atoms with Crippen LogP contribution < -0.4 is 0 Å². The standard InChI is InChI=1S/C15H17ClN2O3/c1-21-14(20)10-2-3-11-12(6-10)18(13(7-16)17-11)8-15(9-19)4-5-15/h2-3,6,19H,4-5,7-9H2,1H3. The van der Waals surface area contributed by atoms with Gasteiger partial charge in [-0.1, -0.05) is 0 Å². The normalized spacial score (nSPS) is 16.1. The van der Waals surface area contributed by atoms with Crippen LogP contribution in [0.25, 0.3) is 11.0 Å². The third-order valence-corrected chi connectivity index (χ3v) is 4.39. The lowest BCUT2D eigenvalue weighted by molar-refractivity contribution is 0.0601. The number of carbonyl (C=O) groups excluding carboxylic acids is 1. The predicted molar refractivity (Wildman–Crippen MR) is 79.4 cm³/mol. The molecule has 1 aliphatic carbocycles. The number of halogens is 1. The summed E-state index contributed by atoms with van der Waals surface area (Å²) in [6, 6.07) is 5.27. The molecule has 1 fully saturated rings. The van der Waals surface area contributed by atoms with E-state index in [-0.39, 0.29) is 18.0 Å². The molecule has 0 spiro atoms. The second-order valence-corrected chi connectivity index (χ2v) is 5.87. The first-order valence-electron chi connectivity index (χ1n) is 6.87. The molecular formula is C15H17ClN2O3. The van der Waals surface area contributed by atoms with Crippen molar-refractivity contribution >= 4 is 28.6 Å². The fraction of sp³-hybridized carbons (Fsp3) is 0.467. The number of aliphatic hydroxyl groups excluding tert-OH is 1. The number of hydrogen-bond donors (Lipinski definition) is 1. The highest BCUT2D eigenvalue weighted by Crippen LogP contribution is 2.47. The van der Waals surface area contributed by atoms with Crippen molar-refractivity contribution < 1.29 is 14.6 Å². The lowest BCUT2D eigenvalue weighted by Gasteiger charge is -2.15. The van der Waals surface area contributed by atoms with Gasteiger partial charge in [-0.2, -0.15) is 0 Å². The van der Waals surface area contributed by atoms with Gasteiger partial charge >= 0.3 is 5.97 Å². The third kappa shape index (κ3) is 2.51. The molecule has 1 saturated carbocycles. The minimum Gasteiger partial charge on any atom is -0.465 e. The van der Waals surface area contributed by atoms with E-state index in [1.807, 2.05) is 4.57 Å². The summed E-state index contributed by atoms with van der Waals surface area (Å²) in [5.74, 6) is 0.679. The van der Waals surface area contributed by atoms with Gasteiger partial charge in [0.05, 0.1) is 36.2 Å². The molecule has 0 radical (unpaired) electrons. The average molecular weight is 309 g/mol. The maximum Gasteiger partial charge on any atom is 0.337 e. The van der Waals surface area contributed by atoms with E-state index < -0.39 is 0 Å². The highest BCUT2D eigenvalue weighted by atomic mass is 35.5. The van der Waals surface area contributed by atoms with Crippen molar-refractivity contribution in [1.29, 1.82) is 0 Å². The molecule has 2 aromatic rings. The van der Waals surface area contributed by atoms with Gasteiger partial charge in [0.1, 0.15) is 5.82 Å². The fourth-order valence-corrected chi connectivity index (χ4v) is 2.78. The minimum atomic E-state index is -0.375. The van der Waals surface area contributed by atoms with Crippen LogP contribution in [-0.4, -0.2) is 34.3 Å². The van der Waals surface area contributed by atoms with E-state index in [4.69, 9.17) is 16.3 Å². The van der Waals surface area contributed by atoms with Crippen molar-refractivity contribution in [3.05, 3.63) is 29.6 Å². The van der Waals surface area contributed by atoms with Crippen LogP contribution in [0.2, 0.25) is 0 Å². The molecule has 0 unspecified atom stereocenters. The van der Waals surface area contributed by atoms with Crippen LogP contribution in [0.4, 0.5) is 0 Å². The Morgan fingerprint density at radius 1 is 1.52 bits per heavy atom. The lowest BCUT2D eigenvalue weighted by Crippen LogP contribution is -2.17. The SMILES string of the molecule is COC(=O)c1ccc2nc(CCl)n(CC3(CO)CC3)c2c1. The zero-order valence-electron chi connectivity index (χ0n) is 11.8. The molecule has 0 aliphatic heterocycles. The van der Waals surface area contributed by atoms with E-state index in [0.717, 1.165) is 29.7 Å². The Bertz CT molecular complexity index is 692. The molecule has 1 aliphatic rings. The van der Waals surface area contributed by atoms with E-state index in [1.165, 1.54) is 7.11 Å². The van der Waals surface area contributed by atoms with Crippen molar-refractivity contribution in [2.75, 3.05) is 13.7 Å². The third-order valence-electron chi connectivity index (χ3n) is 4.15. The van der Waals surface area contributed by atoms with Crippen LogP contribution in [0.15, 0.2) is 18.2 Å². The molecule has 5 nitrogen and oxygen atoms in total. The number of nitrogens with zero attached hydrogens (tertiary/aromatic N) is 2. The average Bonchev–Trinajstić information content (AvgIpc) is 3.22. The van der Waals surface area contributed by atoms with Crippen LogP contribution in [0.5, 0.6) is 0 Å². The molecule has 0 atom stereocenters. The molecule has 0 bridgehead atoms. The van der Waals surface area contributed by atoms with E-state index >= 15 is 0 Å². The van der Waals surface area contributed by atoms with E-state index in [1.54, 1.807) is 18.2 Å². The zero-order valence-corrected chi connectivity index (χ0v) is 12.6. The molecule has 3 rings (SSSR count). The number of aliphatic hydroxyl groups is 1. The number of aromatic nitrogens is 2. The maximum absolute atomic E-state index is 11.7. The molecule has 0 amide bonds. The van der Waals surface area contributed by atoms with Crippen molar-refractivity contribution in [2.24, 2.45) is 5.41 Å². The molecule has 1 aromatic carbocycles. The number of fused-ring (bicyclic) bond motifs is 1. The fourth-order valence-electron chi connectivity index (χ4n) is 2.57. The number of hydrogen-bond acceptors (Lipinski definition) is 4. The van der Waals surface area contributed by atoms with Gasteiger partial charge < -0.3 is 14.4 Å². The minimum absolute atomic E-state index is 0.0598. The predicted octanol–water partition coefficient (Wildman–Crippen LogP) is 2.33. The van der Waals surface area contributed by atoms with E-state index in [2.05, 4.69) is 4.98 Å². The highest BCUT2D eigenvalue weighted by Gasteiger charge is 2.43. The molecule has 6 heteroatoms. The highest BCUT2D eigenvalue weighted by molar-refractivity contribution is 6.16. The van der Waals surface area contributed by atoms with Gasteiger partial charge in [-0.15, -0.1) is 11.6 Å². The lowest BCUT2D eigenvalue weighted by atomic mass is 10.1. The summed E-state index contributed by atoms with van der Waals surface area (Å²) in [5, 5.41) is 9.53. The number of carbonyl (C=O) groups is 1. The smallest absolute Gasteiger partial charge is 0.337 e. The first-order chi connectivity index (χ1) is 10.1. The molecule has 21 heavy (non-hydrogen) atoms. The van der Waals surface area contributed by atoms with Gasteiger partial charge in [0.15, 0.2) is 0 Å². The first-order valence-corrected chi connectivity index (χ1v) is 7.40. The Hall–Kier alpha value is -1.59. The maximum atomic E-state index is 11.7. The Morgan fingerprint density at radius 3 is 2.86 bits per heavy atom. The number of ether oxygens (including phenoxy) is 1. The summed E-state index contributed by atoms with van der Waals surface area (Å²) in [5.41, 5.74) is 2.08. The van der Waals surface area contributed by atoms with Crippen LogP contribution in [0.1, 0.15) is 29.0 Å². The summed E-state index contributed by atoms with van der Waals surface area (Å²) in [6.07, 6.45) is 2.00. The van der Waals surface area contributed by atoms with Gasteiger partial charge in [-0.3, -0.25) is 0 Å². The zero-order chi connectivity index (χ0) is 15.0. The van der Waals surface area contributed by atoms with Crippen LogP contribution >= 0.6 is 11.6 Å². The van der Waals surface area contributed by atoms with Gasteiger partial charge in [-0.05, 0) is 31.0 Å². The number of alkyl halides is 1. The number of benzene rings is 1. The van der Waals surface area contributed by atoms with E-state index in [0.29, 0.717) is 18.0 Å². The Labute approximate surface area is 127 Å². The molecule has 0 saturated heterocycles. The van der Waals surface area contributed by atoms with Crippen molar-refractivity contribution in [3.8, 4) is 0 Å². The van der Waals surface area contributed by atoms with Crippen molar-refractivity contribution in [2.45, 2.75) is 25.3 Å². The van der Waals surface area contributed by atoms with Gasteiger partial charge in [-0.25, -0.2) is 9.78 Å². The van der Waals surface area contributed by atoms with Gasteiger partial charge in [0, 0.05) is 12.0 Å². The second kappa shape index (κ2) is 5.31. The Balaban J connectivity index is 2.08. The van der Waals surface area contributed by atoms with Crippen molar-refractivity contribution in [3.63, 3.8) is 0 Å². The van der Waals surface area contributed by atoms with Crippen molar-refractivity contribution in [1.82, 2.24) is 9.55 Å². The largest absolute Gasteiger partial charge is 0.465 e. The Kier molecular flexibility index (Phi) is 3.63. The molecule has 112 valence electrons. The summed E-state index contributed by atoms with van der Waals surface area (Å²) >= 11 is 5.99. The van der Waals surface area contributed by atoms with Crippen LogP contribution in [0, 0.1) is 5.41 Å². The number of esters is 1. The van der Waals surface area contributed by atoms with Crippen LogP contribution in [0.3, 0.4) is 0 Å². The number of rotatable bonds is 5. The second-order valence-electron chi connectivity index (χ2n) is 5.60. The first kappa shape index (κ1) is 14.4. The van der Waals surface area contributed by atoms with E-state index in [9.17, 15) is 9.90 Å². The van der Waals surface area contributed by atoms with Crippen LogP contribution in [-0.2, 0) is 17.2 Å². The molecule has 1 heterocycles. The Morgan fingerprint density at radius 2 is 2.29 bits per heavy atom. The number of imidazole rings is 1. The summed E-state index contributed by atoms with van der Waals surface area (Å²) in [6.45, 7) is 0.831.